The molecule has 0 saturated carbocycles. The van der Waals surface area contributed by atoms with Gasteiger partial charge in [-0.2, -0.15) is 0 Å². The van der Waals surface area contributed by atoms with Crippen molar-refractivity contribution in [3.63, 3.8) is 0 Å². The van der Waals surface area contributed by atoms with Crippen LogP contribution in [-0.2, 0) is 9.47 Å². The van der Waals surface area contributed by atoms with Crippen LogP contribution in [0.25, 0.3) is 0 Å². The zero-order chi connectivity index (χ0) is 14.9. The van der Waals surface area contributed by atoms with Gasteiger partial charge >= 0.3 is 6.09 Å². The number of nitrogens with two attached hydrogens (primary N) is 2. The summed E-state index contributed by atoms with van der Waals surface area (Å²) in [5.41, 5.74) is 10.3. The van der Waals surface area contributed by atoms with Crippen LogP contribution in [0, 0.1) is 0 Å². The van der Waals surface area contributed by atoms with E-state index in [9.17, 15) is 4.79 Å². The number of unbranched alkanes of at least 4 members (excludes halogenated alkanes) is 9. The number of hydrogen-bond donors (Lipinski definition) is 2. The molecule has 1 amide bonds. The molecule has 0 fully saturated rings. The lowest BCUT2D eigenvalue weighted by atomic mass is 10.1. The van der Waals surface area contributed by atoms with E-state index >= 15 is 0 Å². The quantitative estimate of drug-likeness (QED) is 0.453. The first-order valence-electron chi connectivity index (χ1n) is 7.97. The van der Waals surface area contributed by atoms with Crippen molar-refractivity contribution in [3.8, 4) is 0 Å². The lowest BCUT2D eigenvalue weighted by Crippen LogP contribution is -2.16. The molecule has 5 heteroatoms. The smallest absolute Gasteiger partial charge is 0.404 e. The van der Waals surface area contributed by atoms with E-state index in [1.165, 1.54) is 57.8 Å². The molecule has 5 nitrogen and oxygen atoms in total. The summed E-state index contributed by atoms with van der Waals surface area (Å²) in [6.07, 6.45) is 12.0. The van der Waals surface area contributed by atoms with Crippen molar-refractivity contribution in [3.05, 3.63) is 0 Å². The fourth-order valence-corrected chi connectivity index (χ4v) is 2.07. The maximum Gasteiger partial charge on any atom is 0.404 e. The van der Waals surface area contributed by atoms with E-state index in [4.69, 9.17) is 16.2 Å². The Kier molecular flexibility index (Phi) is 15.6. The Balaban J connectivity index is 2.94. The average molecular weight is 288 g/mol. The average Bonchev–Trinajstić information content (AvgIpc) is 2.43. The third-order valence-electron chi connectivity index (χ3n) is 3.21. The first-order chi connectivity index (χ1) is 9.77. The van der Waals surface area contributed by atoms with Gasteiger partial charge in [0, 0.05) is 6.61 Å². The molecule has 0 atom stereocenters. The van der Waals surface area contributed by atoms with Crippen LogP contribution in [0.3, 0.4) is 0 Å². The highest BCUT2D eigenvalue weighted by molar-refractivity contribution is 5.64. The van der Waals surface area contributed by atoms with Crippen molar-refractivity contribution in [2.75, 3.05) is 26.4 Å². The number of hydrogen-bond acceptors (Lipinski definition) is 4. The van der Waals surface area contributed by atoms with E-state index in [-0.39, 0.29) is 6.61 Å². The van der Waals surface area contributed by atoms with Crippen LogP contribution in [0.2, 0.25) is 0 Å². The summed E-state index contributed by atoms with van der Waals surface area (Å²) in [5.74, 6) is 0. The molecule has 4 N–H and O–H groups in total. The molecule has 0 bridgehead atoms. The Morgan fingerprint density at radius 3 is 1.70 bits per heavy atom. The largest absolute Gasteiger partial charge is 0.447 e. The van der Waals surface area contributed by atoms with Gasteiger partial charge in [-0.05, 0) is 19.4 Å². The van der Waals surface area contributed by atoms with Crippen LogP contribution in [-0.4, -0.2) is 32.5 Å². The molecule has 120 valence electrons. The Labute approximate surface area is 123 Å². The third-order valence-corrected chi connectivity index (χ3v) is 3.21. The van der Waals surface area contributed by atoms with Crippen molar-refractivity contribution in [1.29, 1.82) is 0 Å². The molecule has 0 aromatic heterocycles. The predicted molar refractivity (Wildman–Crippen MR) is 81.6 cm³/mol. The van der Waals surface area contributed by atoms with Crippen LogP contribution in [0.4, 0.5) is 4.79 Å². The standard InChI is InChI=1S/C15H32N2O3/c16-11-9-7-5-3-1-2-4-6-8-10-12-19-13-14-20-15(17)18/h1-14,16H2,(H2,17,18). The van der Waals surface area contributed by atoms with Gasteiger partial charge in [0.1, 0.15) is 6.61 Å². The van der Waals surface area contributed by atoms with Crippen LogP contribution in [0.15, 0.2) is 0 Å². The van der Waals surface area contributed by atoms with Crippen LogP contribution in [0.5, 0.6) is 0 Å². The van der Waals surface area contributed by atoms with Gasteiger partial charge in [0.2, 0.25) is 0 Å². The number of amides is 1. The molecular formula is C15H32N2O3. The number of carbonyl (C=O) groups excluding carboxylic acids is 1. The fourth-order valence-electron chi connectivity index (χ4n) is 2.07. The highest BCUT2D eigenvalue weighted by Crippen LogP contribution is 2.10. The predicted octanol–water partition coefficient (Wildman–Crippen LogP) is 2.96. The summed E-state index contributed by atoms with van der Waals surface area (Å²) < 4.78 is 9.88. The van der Waals surface area contributed by atoms with E-state index in [1.807, 2.05) is 0 Å². The van der Waals surface area contributed by atoms with Gasteiger partial charge in [0.25, 0.3) is 0 Å². The normalized spacial score (nSPS) is 10.7. The molecule has 0 heterocycles. The molecule has 0 radical (unpaired) electrons. The van der Waals surface area contributed by atoms with Gasteiger partial charge in [0.05, 0.1) is 6.61 Å². The zero-order valence-electron chi connectivity index (χ0n) is 12.8. The van der Waals surface area contributed by atoms with Gasteiger partial charge in [-0.3, -0.25) is 0 Å². The van der Waals surface area contributed by atoms with Crippen molar-refractivity contribution < 1.29 is 14.3 Å². The summed E-state index contributed by atoms with van der Waals surface area (Å²) in [6.45, 7) is 2.25. The van der Waals surface area contributed by atoms with E-state index in [2.05, 4.69) is 4.74 Å². The topological polar surface area (TPSA) is 87.6 Å². The van der Waals surface area contributed by atoms with Crippen LogP contribution in [0.1, 0.15) is 64.2 Å². The minimum Gasteiger partial charge on any atom is -0.447 e. The Hall–Kier alpha value is -0.810. The summed E-state index contributed by atoms with van der Waals surface area (Å²) in [5, 5.41) is 0. The Morgan fingerprint density at radius 1 is 0.700 bits per heavy atom. The number of rotatable bonds is 15. The first-order valence-corrected chi connectivity index (χ1v) is 7.97. The SMILES string of the molecule is NCCCCCCCCCCCCOCCOC(N)=O. The zero-order valence-corrected chi connectivity index (χ0v) is 12.8. The second-order valence-corrected chi connectivity index (χ2v) is 5.10. The van der Waals surface area contributed by atoms with Gasteiger partial charge in [-0.15, -0.1) is 0 Å². The first kappa shape index (κ1) is 19.2. The van der Waals surface area contributed by atoms with Crippen molar-refractivity contribution in [1.82, 2.24) is 0 Å². The lowest BCUT2D eigenvalue weighted by molar-refractivity contribution is 0.0745. The van der Waals surface area contributed by atoms with E-state index in [0.29, 0.717) is 6.61 Å². The lowest BCUT2D eigenvalue weighted by Gasteiger charge is -2.04. The summed E-state index contributed by atoms with van der Waals surface area (Å²) in [6, 6.07) is 0. The second kappa shape index (κ2) is 16.2. The van der Waals surface area contributed by atoms with Crippen LogP contribution < -0.4 is 11.5 Å². The Morgan fingerprint density at radius 2 is 1.20 bits per heavy atom. The molecule has 0 aromatic carbocycles. The molecule has 0 unspecified atom stereocenters. The monoisotopic (exact) mass is 288 g/mol. The van der Waals surface area contributed by atoms with Crippen molar-refractivity contribution >= 4 is 6.09 Å². The number of primary amides is 1. The molecular weight excluding hydrogens is 256 g/mol. The minimum atomic E-state index is -0.739. The second-order valence-electron chi connectivity index (χ2n) is 5.10. The summed E-state index contributed by atoms with van der Waals surface area (Å²) in [4.78, 5) is 10.3. The van der Waals surface area contributed by atoms with Gasteiger partial charge in [0.15, 0.2) is 0 Å². The molecule has 0 aliphatic carbocycles. The Bertz CT molecular complexity index is 213. The van der Waals surface area contributed by atoms with E-state index < -0.39 is 6.09 Å². The van der Waals surface area contributed by atoms with Gasteiger partial charge in [-0.1, -0.05) is 51.4 Å². The minimum absolute atomic E-state index is 0.249. The highest BCUT2D eigenvalue weighted by Gasteiger charge is 1.95. The molecule has 0 rings (SSSR count). The summed E-state index contributed by atoms with van der Waals surface area (Å²) in [7, 11) is 0. The van der Waals surface area contributed by atoms with Crippen molar-refractivity contribution in [2.45, 2.75) is 64.2 Å². The van der Waals surface area contributed by atoms with Crippen LogP contribution >= 0.6 is 0 Å². The highest BCUT2D eigenvalue weighted by atomic mass is 16.6. The molecule has 0 aromatic rings. The molecule has 20 heavy (non-hydrogen) atoms. The molecule has 0 saturated heterocycles. The maximum atomic E-state index is 10.3. The number of carbonyl (C=O) groups is 1. The fraction of sp³-hybridized carbons (Fsp3) is 0.933. The van der Waals surface area contributed by atoms with Crippen molar-refractivity contribution in [2.24, 2.45) is 11.5 Å². The molecule has 0 spiro atoms. The molecule has 0 aliphatic heterocycles. The van der Waals surface area contributed by atoms with Gasteiger partial charge < -0.3 is 20.9 Å². The summed E-state index contributed by atoms with van der Waals surface area (Å²) >= 11 is 0. The van der Waals surface area contributed by atoms with Gasteiger partial charge in [-0.25, -0.2) is 4.79 Å². The number of ether oxygens (including phenoxy) is 2. The van der Waals surface area contributed by atoms with E-state index in [1.54, 1.807) is 0 Å². The molecule has 0 aliphatic rings. The van der Waals surface area contributed by atoms with E-state index in [0.717, 1.165) is 19.6 Å². The third kappa shape index (κ3) is 17.2. The maximum absolute atomic E-state index is 10.3.